The predicted octanol–water partition coefficient (Wildman–Crippen LogP) is 1.79. The average molecular weight is 705 g/mol. The minimum Gasteiger partial charge on any atom is -0.494 e. The van der Waals surface area contributed by atoms with Gasteiger partial charge in [0.1, 0.15) is 0 Å². The van der Waals surface area contributed by atoms with Crippen molar-refractivity contribution in [2.45, 2.75) is 52.1 Å². The van der Waals surface area contributed by atoms with Gasteiger partial charge in [-0.15, -0.1) is 0 Å². The lowest BCUT2D eigenvalue weighted by Gasteiger charge is -2.32. The van der Waals surface area contributed by atoms with Gasteiger partial charge in [0.25, 0.3) is 16.7 Å². The van der Waals surface area contributed by atoms with Gasteiger partial charge in [0.05, 0.1) is 21.7 Å². The van der Waals surface area contributed by atoms with Gasteiger partial charge in [-0.25, -0.2) is 0 Å². The normalized spacial score (nSPS) is 17.5. The van der Waals surface area contributed by atoms with Crippen molar-refractivity contribution in [3.8, 4) is 17.0 Å². The van der Waals surface area contributed by atoms with Crippen LogP contribution < -0.4 is 27.4 Å². The van der Waals surface area contributed by atoms with Crippen LogP contribution in [0.4, 0.5) is 5.69 Å². The first-order valence-electron chi connectivity index (χ1n) is 18.9. The van der Waals surface area contributed by atoms with E-state index >= 15 is 0 Å². The number of pyridine rings is 2. The van der Waals surface area contributed by atoms with Crippen LogP contribution in [0.15, 0.2) is 31.5 Å². The van der Waals surface area contributed by atoms with E-state index in [1.165, 1.54) is 9.13 Å². The van der Waals surface area contributed by atoms with Crippen molar-refractivity contribution in [1.29, 1.82) is 0 Å². The molecule has 1 aromatic carbocycles. The van der Waals surface area contributed by atoms with Crippen molar-refractivity contribution >= 4 is 27.2 Å². The Labute approximate surface area is 299 Å². The Balaban J connectivity index is 1.49. The molecular formula is C38H56N8O5. The molecule has 0 amide bonds. The fourth-order valence-corrected chi connectivity index (χ4v) is 7.68. The van der Waals surface area contributed by atoms with Gasteiger partial charge >= 0.3 is 0 Å². The number of aromatic nitrogens is 2. The summed E-state index contributed by atoms with van der Waals surface area (Å²) in [4.78, 5) is 57.5. The Bertz CT molecular complexity index is 1980. The number of methoxy groups -OCH3 is 1. The summed E-state index contributed by atoms with van der Waals surface area (Å²) in [6.07, 6.45) is 3.85. The molecule has 2 fully saturated rings. The third-order valence-electron chi connectivity index (χ3n) is 10.8. The lowest BCUT2D eigenvalue weighted by molar-refractivity contribution is 0.151. The molecule has 4 heterocycles. The van der Waals surface area contributed by atoms with Gasteiger partial charge in [0.15, 0.2) is 0 Å². The molecule has 13 heteroatoms. The first kappa shape index (κ1) is 37.1. The van der Waals surface area contributed by atoms with Crippen LogP contribution in [0, 0.1) is 0 Å². The number of anilines is 1. The quantitative estimate of drug-likeness (QED) is 0.132. The summed E-state index contributed by atoms with van der Waals surface area (Å²) in [5.41, 5.74) is 0.237. The van der Waals surface area contributed by atoms with Crippen molar-refractivity contribution in [1.82, 2.24) is 28.7 Å². The number of likely N-dealkylation sites (N-methyl/N-ethyl adjacent to an activating group) is 2. The molecule has 278 valence electrons. The van der Waals surface area contributed by atoms with Crippen LogP contribution in [-0.2, 0) is 17.8 Å². The van der Waals surface area contributed by atoms with Crippen molar-refractivity contribution in [2.75, 3.05) is 112 Å². The summed E-state index contributed by atoms with van der Waals surface area (Å²) in [5.74, 6) is -0.145. The molecular weight excluding hydrogens is 648 g/mol. The highest BCUT2D eigenvalue weighted by atomic mass is 16.5. The zero-order valence-corrected chi connectivity index (χ0v) is 31.0. The molecule has 3 aliphatic heterocycles. The molecule has 0 saturated carbocycles. The average Bonchev–Trinajstić information content (AvgIpc) is 3.12. The highest BCUT2D eigenvalue weighted by Gasteiger charge is 2.29. The molecule has 0 radical (unpaired) electrons. The van der Waals surface area contributed by atoms with Crippen LogP contribution in [-0.4, -0.2) is 140 Å². The second-order valence-corrected chi connectivity index (χ2v) is 14.5. The summed E-state index contributed by atoms with van der Waals surface area (Å²) < 4.78 is 8.08. The Morgan fingerprint density at radius 2 is 1.35 bits per heavy atom. The third kappa shape index (κ3) is 7.92. The zero-order valence-electron chi connectivity index (χ0n) is 31.0. The van der Waals surface area contributed by atoms with E-state index < -0.39 is 0 Å². The molecule has 2 saturated heterocycles. The number of nitrogens with one attached hydrogen (secondary N) is 1. The van der Waals surface area contributed by atoms with E-state index in [-0.39, 0.29) is 22.6 Å². The number of aromatic hydroxyl groups is 1. The second-order valence-electron chi connectivity index (χ2n) is 14.5. The van der Waals surface area contributed by atoms with Crippen LogP contribution in [0.1, 0.15) is 39.0 Å². The Morgan fingerprint density at radius 3 is 1.96 bits per heavy atom. The van der Waals surface area contributed by atoms with E-state index in [1.54, 1.807) is 19.2 Å². The second kappa shape index (κ2) is 16.8. The van der Waals surface area contributed by atoms with Crippen molar-refractivity contribution < 1.29 is 9.84 Å². The van der Waals surface area contributed by atoms with Crippen molar-refractivity contribution in [3.63, 3.8) is 0 Å². The molecule has 2 aromatic rings. The van der Waals surface area contributed by atoms with E-state index in [4.69, 9.17) is 9.73 Å². The number of nitrogens with zero attached hydrogens (tertiary/aromatic N) is 7. The zero-order chi connectivity index (χ0) is 36.1. The monoisotopic (exact) mass is 704 g/mol. The number of hydrogen-bond acceptors (Lipinski definition) is 11. The summed E-state index contributed by atoms with van der Waals surface area (Å²) in [5, 5.41) is 17.3. The number of benzene rings is 2. The smallest absolute Gasteiger partial charge is 0.263 e. The highest BCUT2D eigenvalue weighted by Crippen LogP contribution is 2.40. The van der Waals surface area contributed by atoms with Gasteiger partial charge in [-0.2, -0.15) is 0 Å². The van der Waals surface area contributed by atoms with E-state index in [0.29, 0.717) is 95.8 Å². The number of piperazine rings is 2. The topological polar surface area (TPSA) is 128 Å². The van der Waals surface area contributed by atoms with E-state index in [2.05, 4.69) is 45.9 Å². The highest BCUT2D eigenvalue weighted by molar-refractivity contribution is 6.18. The van der Waals surface area contributed by atoms with Crippen LogP contribution in [0.5, 0.6) is 5.88 Å². The number of hydrogen-bond donors (Lipinski definition) is 2. The fraction of sp³-hybridized carbons (Fsp3) is 0.632. The minimum absolute atomic E-state index is 0.145. The first-order chi connectivity index (χ1) is 24.7. The third-order valence-corrected chi connectivity index (χ3v) is 10.8. The minimum atomic E-state index is -0.385. The Kier molecular flexibility index (Phi) is 12.2. The molecule has 0 bridgehead atoms. The van der Waals surface area contributed by atoms with Gasteiger partial charge < -0.3 is 34.8 Å². The molecule has 0 spiro atoms. The lowest BCUT2D eigenvalue weighted by atomic mass is 9.89. The summed E-state index contributed by atoms with van der Waals surface area (Å²) in [6, 6.07) is 3.51. The first-order valence-corrected chi connectivity index (χ1v) is 18.9. The van der Waals surface area contributed by atoms with Gasteiger partial charge in [-0.05, 0) is 65.0 Å². The van der Waals surface area contributed by atoms with Crippen LogP contribution >= 0.6 is 0 Å². The maximum atomic E-state index is 14.4. The van der Waals surface area contributed by atoms with Gasteiger partial charge in [-0.3, -0.25) is 28.5 Å². The van der Waals surface area contributed by atoms with Gasteiger partial charge in [-0.1, -0.05) is 13.3 Å². The van der Waals surface area contributed by atoms with Crippen molar-refractivity contribution in [3.05, 3.63) is 48.6 Å². The SMILES string of the molecule is CCCCNc1cc2c(O)n(CCCN3CCN(C)CC3)c(=O)c3c(=NCCCOC)cc4c(=O)n(CCCN5CCN(C)CC5)c(=O)c1c-4c23. The molecule has 6 rings (SSSR count). The molecule has 1 aromatic heterocycles. The summed E-state index contributed by atoms with van der Waals surface area (Å²) in [7, 11) is 5.89. The molecule has 2 N–H and O–H groups in total. The standard InChI is InChI=1S/C38H56N8O5/c1-5-6-10-39-29-25-27-32-31-28(36(48)45(37(49)33(29)31)14-8-12-43-20-16-41(2)17-21-43)26-30(40-11-7-24-51-4)34(32)38(50)46(35(27)47)15-9-13-44-22-18-42(3)19-23-44/h25-26,39,47H,5-24H2,1-4H3. The Morgan fingerprint density at radius 1 is 0.745 bits per heavy atom. The summed E-state index contributed by atoms with van der Waals surface area (Å²) >= 11 is 0. The van der Waals surface area contributed by atoms with E-state index in [0.717, 1.165) is 78.3 Å². The fourth-order valence-electron chi connectivity index (χ4n) is 7.68. The van der Waals surface area contributed by atoms with Crippen LogP contribution in [0.25, 0.3) is 32.7 Å². The van der Waals surface area contributed by atoms with E-state index in [1.807, 2.05) is 0 Å². The molecule has 51 heavy (non-hydrogen) atoms. The number of rotatable bonds is 16. The van der Waals surface area contributed by atoms with E-state index in [9.17, 15) is 19.5 Å². The molecule has 0 atom stereocenters. The maximum Gasteiger partial charge on any atom is 0.263 e. The number of ether oxygens (including phenoxy) is 1. The molecule has 4 aliphatic rings. The van der Waals surface area contributed by atoms with Crippen LogP contribution in [0.2, 0.25) is 0 Å². The number of unbranched alkanes of at least 4 members (excludes halogenated alkanes) is 1. The molecule has 1 aliphatic carbocycles. The van der Waals surface area contributed by atoms with Crippen molar-refractivity contribution in [2.24, 2.45) is 4.99 Å². The maximum absolute atomic E-state index is 14.4. The van der Waals surface area contributed by atoms with Gasteiger partial charge in [0.2, 0.25) is 5.88 Å². The van der Waals surface area contributed by atoms with Gasteiger partial charge in [0, 0.05) is 114 Å². The molecule has 13 nitrogen and oxygen atoms in total. The lowest BCUT2D eigenvalue weighted by Crippen LogP contribution is -2.45. The predicted molar refractivity (Wildman–Crippen MR) is 204 cm³/mol. The molecule has 0 unspecified atom stereocenters. The summed E-state index contributed by atoms with van der Waals surface area (Å²) in [6.45, 7) is 13.8. The Hall–Kier alpha value is -3.62. The largest absolute Gasteiger partial charge is 0.494 e. The van der Waals surface area contributed by atoms with Crippen LogP contribution in [0.3, 0.4) is 0 Å².